The average molecular weight is 172 g/mol. The van der Waals surface area contributed by atoms with Crippen molar-refractivity contribution in [2.75, 3.05) is 0 Å². The van der Waals surface area contributed by atoms with Gasteiger partial charge in [0.25, 0.3) is 0 Å². The lowest BCUT2D eigenvalue weighted by Gasteiger charge is -1.96. The van der Waals surface area contributed by atoms with Crippen LogP contribution in [0.5, 0.6) is 0 Å². The Labute approximate surface area is 70.0 Å². The Morgan fingerprint density at radius 2 is 1.60 bits per heavy atom. The molecule has 0 saturated carbocycles. The zero-order chi connectivity index (χ0) is 7.66. The highest BCUT2D eigenvalue weighted by molar-refractivity contribution is 6.61. The Bertz CT molecular complexity index is 71.7. The SMILES string of the molecule is CCCCCCCC[SiH]=[SiH2]. The maximum Gasteiger partial charge on any atom is -0.0357 e. The molecule has 0 bridgehead atoms. The molecule has 0 N–H and O–H groups in total. The Morgan fingerprint density at radius 1 is 1.00 bits per heavy atom. The van der Waals surface area contributed by atoms with Crippen molar-refractivity contribution < 1.29 is 0 Å². The quantitative estimate of drug-likeness (QED) is 0.405. The van der Waals surface area contributed by atoms with Gasteiger partial charge in [0, 0.05) is 0 Å². The van der Waals surface area contributed by atoms with E-state index in [9.17, 15) is 0 Å². The second-order valence-corrected chi connectivity index (χ2v) is 5.73. The normalized spacial score (nSPS) is 9.70. The van der Waals surface area contributed by atoms with Gasteiger partial charge in [-0.2, -0.15) is 0 Å². The lowest BCUT2D eigenvalue weighted by molar-refractivity contribution is 0.624. The first-order valence-corrected chi connectivity index (χ1v) is 8.61. The molecule has 0 aromatic heterocycles. The fraction of sp³-hybridized carbons (Fsp3) is 1.00. The van der Waals surface area contributed by atoms with E-state index in [-0.39, 0.29) is 0 Å². The van der Waals surface area contributed by atoms with Gasteiger partial charge in [-0.15, -0.1) is 0 Å². The standard InChI is InChI=1S/C8H20Si2/c1-2-3-4-5-6-7-8-10-9/h10H,2-9H2,1H3. The third-order valence-corrected chi connectivity index (χ3v) is 3.80. The van der Waals surface area contributed by atoms with Crippen LogP contribution < -0.4 is 0 Å². The van der Waals surface area contributed by atoms with E-state index in [2.05, 4.69) is 16.3 Å². The molecule has 2 heteroatoms. The van der Waals surface area contributed by atoms with Crippen molar-refractivity contribution >= 4 is 17.9 Å². The third-order valence-electron chi connectivity index (χ3n) is 1.76. The molecule has 0 nitrogen and oxygen atoms in total. The van der Waals surface area contributed by atoms with E-state index in [0.717, 1.165) is 8.61 Å². The lowest BCUT2D eigenvalue weighted by Crippen LogP contribution is -1.80. The highest BCUT2D eigenvalue weighted by Crippen LogP contribution is 2.05. The molecule has 0 aromatic carbocycles. The molecule has 10 heavy (non-hydrogen) atoms. The zero-order valence-corrected chi connectivity index (χ0v) is 9.80. The molecule has 0 fully saturated rings. The molecule has 0 aliphatic rings. The van der Waals surface area contributed by atoms with Gasteiger partial charge < -0.3 is 0 Å². The molecular weight excluding hydrogens is 152 g/mol. The zero-order valence-electron chi connectivity index (χ0n) is 7.23. The molecule has 0 aliphatic carbocycles. The van der Waals surface area contributed by atoms with Gasteiger partial charge in [-0.3, -0.25) is 0 Å². The van der Waals surface area contributed by atoms with Crippen LogP contribution in [-0.2, 0) is 0 Å². The molecule has 0 radical (unpaired) electrons. The molecule has 0 heterocycles. The predicted octanol–water partition coefficient (Wildman–Crippen LogP) is 1.75. The van der Waals surface area contributed by atoms with Gasteiger partial charge in [-0.05, 0) is 17.9 Å². The largest absolute Gasteiger partial charge is 0.0654 e. The van der Waals surface area contributed by atoms with E-state index < -0.39 is 0 Å². The van der Waals surface area contributed by atoms with Crippen LogP contribution in [0.25, 0.3) is 0 Å². The minimum Gasteiger partial charge on any atom is -0.0654 e. The van der Waals surface area contributed by atoms with Gasteiger partial charge in [0.05, 0.1) is 0 Å². The smallest absolute Gasteiger partial charge is 0.0357 e. The van der Waals surface area contributed by atoms with Crippen LogP contribution in [0.15, 0.2) is 0 Å². The predicted molar refractivity (Wildman–Crippen MR) is 53.9 cm³/mol. The monoisotopic (exact) mass is 172 g/mol. The summed E-state index contributed by atoms with van der Waals surface area (Å²) in [5.74, 6) is 0. The van der Waals surface area contributed by atoms with E-state index >= 15 is 0 Å². The molecule has 0 spiro atoms. The summed E-state index contributed by atoms with van der Waals surface area (Å²) in [6.45, 7) is 2.28. The van der Waals surface area contributed by atoms with Crippen molar-refractivity contribution in [2.24, 2.45) is 0 Å². The van der Waals surface area contributed by atoms with E-state index in [1.165, 1.54) is 44.6 Å². The van der Waals surface area contributed by atoms with Gasteiger partial charge in [0.2, 0.25) is 0 Å². The van der Waals surface area contributed by atoms with E-state index in [1.807, 2.05) is 0 Å². The van der Waals surface area contributed by atoms with Crippen LogP contribution in [0.2, 0.25) is 6.04 Å². The number of unbranched alkanes of at least 4 members (excludes halogenated alkanes) is 5. The molecule has 0 unspecified atom stereocenters. The van der Waals surface area contributed by atoms with Crippen LogP contribution in [-0.4, -0.2) is 17.9 Å². The van der Waals surface area contributed by atoms with Crippen molar-refractivity contribution in [3.05, 3.63) is 0 Å². The number of hydrogen-bond donors (Lipinski definition) is 0. The molecule has 0 rings (SSSR count). The van der Waals surface area contributed by atoms with E-state index in [1.54, 1.807) is 0 Å². The Morgan fingerprint density at radius 3 is 2.20 bits per heavy atom. The van der Waals surface area contributed by atoms with Crippen molar-refractivity contribution in [2.45, 2.75) is 51.5 Å². The minimum absolute atomic E-state index is 0.800. The van der Waals surface area contributed by atoms with Crippen LogP contribution in [0.3, 0.4) is 0 Å². The number of hydrogen-bond acceptors (Lipinski definition) is 0. The van der Waals surface area contributed by atoms with Crippen LogP contribution in [0.1, 0.15) is 45.4 Å². The maximum atomic E-state index is 2.28. The number of rotatable bonds is 7. The molecule has 0 aromatic rings. The van der Waals surface area contributed by atoms with Crippen molar-refractivity contribution in [1.82, 2.24) is 0 Å². The van der Waals surface area contributed by atoms with Gasteiger partial charge in [0.1, 0.15) is 0 Å². The first-order chi connectivity index (χ1) is 4.91. The Balaban J connectivity index is 2.70. The maximum absolute atomic E-state index is 2.28. The topological polar surface area (TPSA) is 0 Å². The fourth-order valence-electron chi connectivity index (χ4n) is 1.07. The van der Waals surface area contributed by atoms with Crippen LogP contribution in [0, 0.1) is 0 Å². The second-order valence-electron chi connectivity index (χ2n) is 2.85. The summed E-state index contributed by atoms with van der Waals surface area (Å²) in [5.41, 5.74) is 0. The van der Waals surface area contributed by atoms with Crippen LogP contribution >= 0.6 is 0 Å². The highest BCUT2D eigenvalue weighted by atomic mass is 28.8. The highest BCUT2D eigenvalue weighted by Gasteiger charge is 1.86. The third kappa shape index (κ3) is 8.43. The molecule has 0 saturated heterocycles. The summed E-state index contributed by atoms with van der Waals surface area (Å²) in [4.78, 5) is 0. The Kier molecular flexibility index (Phi) is 9.84. The van der Waals surface area contributed by atoms with E-state index in [4.69, 9.17) is 0 Å². The first-order valence-electron chi connectivity index (χ1n) is 4.52. The Hall–Kier alpha value is 0.434. The van der Waals surface area contributed by atoms with E-state index in [0.29, 0.717) is 0 Å². The van der Waals surface area contributed by atoms with Gasteiger partial charge in [-0.25, -0.2) is 0 Å². The van der Waals surface area contributed by atoms with Crippen LogP contribution in [0.4, 0.5) is 0 Å². The summed E-state index contributed by atoms with van der Waals surface area (Å²) in [6, 6.07) is 1.53. The van der Waals surface area contributed by atoms with Gasteiger partial charge in [0.15, 0.2) is 0 Å². The van der Waals surface area contributed by atoms with Crippen molar-refractivity contribution in [3.63, 3.8) is 0 Å². The van der Waals surface area contributed by atoms with Crippen molar-refractivity contribution in [1.29, 1.82) is 0 Å². The summed E-state index contributed by atoms with van der Waals surface area (Å²) in [7, 11) is 2.98. The summed E-state index contributed by atoms with van der Waals surface area (Å²) in [5, 5.41) is 0. The molecular formula is C8H20Si2. The van der Waals surface area contributed by atoms with Gasteiger partial charge in [-0.1, -0.05) is 51.5 Å². The summed E-state index contributed by atoms with van der Waals surface area (Å²) in [6.07, 6.45) is 8.77. The first kappa shape index (κ1) is 10.4. The summed E-state index contributed by atoms with van der Waals surface area (Å²) >= 11 is 0. The molecule has 0 aliphatic heterocycles. The lowest BCUT2D eigenvalue weighted by atomic mass is 10.1. The molecule has 60 valence electrons. The second kappa shape index (κ2) is 9.43. The fourth-order valence-corrected chi connectivity index (χ4v) is 2.51. The average Bonchev–Trinajstić information content (AvgIpc) is 1.97. The summed E-state index contributed by atoms with van der Waals surface area (Å²) < 4.78 is 0. The van der Waals surface area contributed by atoms with Crippen molar-refractivity contribution in [3.8, 4) is 0 Å². The molecule has 0 atom stereocenters. The van der Waals surface area contributed by atoms with Gasteiger partial charge >= 0.3 is 0 Å². The molecule has 0 amide bonds. The minimum atomic E-state index is 0.800.